The minimum atomic E-state index is -0.781. The Morgan fingerprint density at radius 2 is 1.70 bits per heavy atom. The van der Waals surface area contributed by atoms with Crippen LogP contribution in [0.1, 0.15) is 29.7 Å². The number of carbonyl (C=O) groups is 1. The van der Waals surface area contributed by atoms with Gasteiger partial charge in [0.05, 0.1) is 36.1 Å². The first-order valence-electron chi connectivity index (χ1n) is 14.4. The van der Waals surface area contributed by atoms with Gasteiger partial charge in [-0.25, -0.2) is 4.99 Å². The molecule has 8 nitrogen and oxygen atoms in total. The number of rotatable bonds is 9. The topological polar surface area (TPSA) is 91.2 Å². The lowest BCUT2D eigenvalue weighted by Gasteiger charge is -2.26. The molecule has 0 spiro atoms. The lowest BCUT2D eigenvalue weighted by molar-refractivity contribution is -0.113. The zero-order chi connectivity index (χ0) is 32.2. The number of carbonyl (C=O) groups excluding carboxylic acids is 1. The summed E-state index contributed by atoms with van der Waals surface area (Å²) in [5, 5.41) is 3.60. The maximum atomic E-state index is 14.3. The smallest absolute Gasteiger partial charge is 0.271 e. The van der Waals surface area contributed by atoms with Crippen molar-refractivity contribution in [2.75, 3.05) is 19.5 Å². The van der Waals surface area contributed by atoms with Crippen molar-refractivity contribution in [3.05, 3.63) is 150 Å². The van der Waals surface area contributed by atoms with E-state index < -0.39 is 6.04 Å². The third-order valence-electron chi connectivity index (χ3n) is 7.51. The molecular formula is C36H30ClN3O5S. The lowest BCUT2D eigenvalue weighted by Crippen LogP contribution is -2.40. The number of fused-ring (bicyclic) bond motifs is 1. The number of amides is 1. The molecule has 0 unspecified atom stereocenters. The first-order valence-corrected chi connectivity index (χ1v) is 15.6. The van der Waals surface area contributed by atoms with E-state index in [4.69, 9.17) is 30.8 Å². The average molecular weight is 652 g/mol. The maximum absolute atomic E-state index is 14.3. The fourth-order valence-corrected chi connectivity index (χ4v) is 6.58. The Labute approximate surface area is 274 Å². The van der Waals surface area contributed by atoms with Crippen molar-refractivity contribution in [1.82, 2.24) is 4.57 Å². The van der Waals surface area contributed by atoms with E-state index >= 15 is 0 Å². The number of benzene rings is 4. The van der Waals surface area contributed by atoms with Crippen molar-refractivity contribution in [2.45, 2.75) is 19.6 Å². The van der Waals surface area contributed by atoms with E-state index in [0.717, 1.165) is 11.1 Å². The Balaban J connectivity index is 1.45. The molecule has 0 radical (unpaired) electrons. The second-order valence-corrected chi connectivity index (χ2v) is 11.9. The Morgan fingerprint density at radius 1 is 0.935 bits per heavy atom. The molecule has 5 aromatic rings. The van der Waals surface area contributed by atoms with E-state index in [2.05, 4.69) is 5.32 Å². The molecule has 1 atom stereocenters. The molecular weight excluding hydrogens is 622 g/mol. The van der Waals surface area contributed by atoms with Crippen molar-refractivity contribution in [3.63, 3.8) is 0 Å². The van der Waals surface area contributed by atoms with Crippen molar-refractivity contribution in [2.24, 2.45) is 4.99 Å². The van der Waals surface area contributed by atoms with Gasteiger partial charge in [0.1, 0.15) is 12.4 Å². The predicted molar refractivity (Wildman–Crippen MR) is 181 cm³/mol. The number of nitrogens with zero attached hydrogens (tertiary/aromatic N) is 2. The number of hydrogen-bond donors (Lipinski definition) is 1. The molecule has 1 aliphatic heterocycles. The standard InChI is InChI=1S/C36H30ClN3O5S/c1-22-32(34(41)39-27-13-5-4-6-14-27)33(25-16-17-29(43-2)30(19-25)44-3)40-35(42)31(46-36(40)38-22)20-24-11-7-8-15-28(24)45-21-23-10-9-12-26(37)18-23/h4-20,33H,21H2,1-3H3,(H,39,41)/b31-20-/t33-/m1/s1. The first kappa shape index (κ1) is 30.9. The van der Waals surface area contributed by atoms with Crippen LogP contribution in [-0.2, 0) is 11.4 Å². The van der Waals surface area contributed by atoms with Gasteiger partial charge in [0.15, 0.2) is 16.3 Å². The number of allylic oxidation sites excluding steroid dienone is 1. The predicted octanol–water partition coefficient (Wildman–Crippen LogP) is 6.12. The summed E-state index contributed by atoms with van der Waals surface area (Å²) in [6.45, 7) is 2.09. The third-order valence-corrected chi connectivity index (χ3v) is 8.73. The van der Waals surface area contributed by atoms with Crippen LogP contribution < -0.4 is 34.4 Å². The second kappa shape index (κ2) is 13.5. The van der Waals surface area contributed by atoms with Gasteiger partial charge in [-0.3, -0.25) is 14.2 Å². The molecule has 1 amide bonds. The SMILES string of the molecule is COc1ccc([C@@H]2C(C(=O)Nc3ccccc3)=C(C)N=c3s/c(=C\c4ccccc4OCc4cccc(Cl)c4)c(=O)n32)cc1OC. The Bertz CT molecular complexity index is 2140. The van der Waals surface area contributed by atoms with E-state index in [1.54, 1.807) is 56.1 Å². The number of para-hydroxylation sites is 2. The molecule has 232 valence electrons. The summed E-state index contributed by atoms with van der Waals surface area (Å²) in [4.78, 5) is 33.4. The minimum Gasteiger partial charge on any atom is -0.493 e. The summed E-state index contributed by atoms with van der Waals surface area (Å²) < 4.78 is 19.2. The zero-order valence-corrected chi connectivity index (χ0v) is 26.9. The van der Waals surface area contributed by atoms with Crippen LogP contribution in [-0.4, -0.2) is 24.7 Å². The number of ether oxygens (including phenoxy) is 3. The van der Waals surface area contributed by atoms with Crippen LogP contribution in [0.3, 0.4) is 0 Å². The monoisotopic (exact) mass is 651 g/mol. The molecule has 0 saturated carbocycles. The molecule has 10 heteroatoms. The van der Waals surface area contributed by atoms with Crippen LogP contribution in [0, 0.1) is 0 Å². The maximum Gasteiger partial charge on any atom is 0.271 e. The van der Waals surface area contributed by atoms with E-state index in [9.17, 15) is 9.59 Å². The lowest BCUT2D eigenvalue weighted by atomic mass is 9.94. The van der Waals surface area contributed by atoms with Crippen molar-refractivity contribution in [1.29, 1.82) is 0 Å². The highest BCUT2D eigenvalue weighted by Crippen LogP contribution is 2.36. The van der Waals surface area contributed by atoms with Gasteiger partial charge < -0.3 is 19.5 Å². The number of aromatic nitrogens is 1. The van der Waals surface area contributed by atoms with Crippen LogP contribution in [0.4, 0.5) is 5.69 Å². The fraction of sp³-hybridized carbons (Fsp3) is 0.139. The molecule has 1 aliphatic rings. The van der Waals surface area contributed by atoms with Gasteiger partial charge in [-0.05, 0) is 66.6 Å². The van der Waals surface area contributed by atoms with Gasteiger partial charge in [0.2, 0.25) is 0 Å². The zero-order valence-electron chi connectivity index (χ0n) is 25.3. The Hall–Kier alpha value is -5.12. The normalized spacial score (nSPS) is 14.3. The van der Waals surface area contributed by atoms with Crippen LogP contribution in [0.15, 0.2) is 118 Å². The van der Waals surface area contributed by atoms with Gasteiger partial charge in [-0.2, -0.15) is 0 Å². The van der Waals surface area contributed by atoms with Crippen LogP contribution in [0.2, 0.25) is 5.02 Å². The van der Waals surface area contributed by atoms with Gasteiger partial charge in [0.25, 0.3) is 11.5 Å². The van der Waals surface area contributed by atoms with Gasteiger partial charge in [-0.15, -0.1) is 0 Å². The molecule has 0 saturated heterocycles. The Kier molecular flexibility index (Phi) is 9.05. The second-order valence-electron chi connectivity index (χ2n) is 10.5. The molecule has 6 rings (SSSR count). The highest BCUT2D eigenvalue weighted by Gasteiger charge is 2.33. The van der Waals surface area contributed by atoms with E-state index in [1.165, 1.54) is 11.3 Å². The Morgan fingerprint density at radius 3 is 2.46 bits per heavy atom. The highest BCUT2D eigenvalue weighted by molar-refractivity contribution is 7.07. The van der Waals surface area contributed by atoms with Crippen molar-refractivity contribution < 1.29 is 19.0 Å². The summed E-state index contributed by atoms with van der Waals surface area (Å²) in [7, 11) is 3.10. The van der Waals surface area contributed by atoms with Gasteiger partial charge >= 0.3 is 0 Å². The molecule has 0 aliphatic carbocycles. The summed E-state index contributed by atoms with van der Waals surface area (Å²) >= 11 is 7.41. The number of methoxy groups -OCH3 is 2. The molecule has 0 bridgehead atoms. The highest BCUT2D eigenvalue weighted by atomic mass is 35.5. The molecule has 4 aromatic carbocycles. The van der Waals surface area contributed by atoms with E-state index in [1.807, 2.05) is 72.8 Å². The summed E-state index contributed by atoms with van der Waals surface area (Å²) in [5.74, 6) is 1.26. The summed E-state index contributed by atoms with van der Waals surface area (Å²) in [6.07, 6.45) is 1.80. The molecule has 1 N–H and O–H groups in total. The molecule has 1 aromatic heterocycles. The quantitative estimate of drug-likeness (QED) is 0.207. The summed E-state index contributed by atoms with van der Waals surface area (Å²) in [6, 6.07) is 28.8. The number of nitrogens with one attached hydrogen (secondary N) is 1. The number of hydrogen-bond acceptors (Lipinski definition) is 7. The van der Waals surface area contributed by atoms with Gasteiger partial charge in [0, 0.05) is 16.3 Å². The van der Waals surface area contributed by atoms with E-state index in [0.29, 0.717) is 60.7 Å². The van der Waals surface area contributed by atoms with E-state index in [-0.39, 0.29) is 11.5 Å². The summed E-state index contributed by atoms with van der Waals surface area (Å²) in [5.41, 5.74) is 3.52. The van der Waals surface area contributed by atoms with Crippen molar-refractivity contribution in [3.8, 4) is 17.2 Å². The van der Waals surface area contributed by atoms with Gasteiger partial charge in [-0.1, -0.05) is 77.5 Å². The fourth-order valence-electron chi connectivity index (χ4n) is 5.33. The first-order chi connectivity index (χ1) is 22.4. The third kappa shape index (κ3) is 6.33. The minimum absolute atomic E-state index is 0.286. The van der Waals surface area contributed by atoms with Crippen LogP contribution in [0.25, 0.3) is 6.08 Å². The largest absolute Gasteiger partial charge is 0.493 e. The molecule has 0 fully saturated rings. The number of thiazole rings is 1. The number of halogens is 1. The van der Waals surface area contributed by atoms with Crippen LogP contribution in [0.5, 0.6) is 17.2 Å². The number of anilines is 1. The molecule has 46 heavy (non-hydrogen) atoms. The average Bonchev–Trinajstić information content (AvgIpc) is 3.37. The van der Waals surface area contributed by atoms with Crippen LogP contribution >= 0.6 is 22.9 Å². The molecule has 2 heterocycles. The van der Waals surface area contributed by atoms with Crippen molar-refractivity contribution >= 4 is 40.6 Å².